The first-order valence-electron chi connectivity index (χ1n) is 5.14. The smallest absolute Gasteiger partial charge is 0.321 e. The van der Waals surface area contributed by atoms with Crippen LogP contribution in [0.15, 0.2) is 22.7 Å². The van der Waals surface area contributed by atoms with Crippen LogP contribution >= 0.6 is 39.3 Å². The zero-order chi connectivity index (χ0) is 13.5. The lowest BCUT2D eigenvalue weighted by molar-refractivity contribution is -0.137. The molecule has 7 heteroatoms. The molecule has 4 nitrogen and oxygen atoms in total. The molecule has 1 aromatic carbocycles. The summed E-state index contributed by atoms with van der Waals surface area (Å²) in [6.07, 6.45) is 0. The largest absolute Gasteiger partial charge is 0.492 e. The van der Waals surface area contributed by atoms with Crippen molar-refractivity contribution < 1.29 is 14.6 Å². The van der Waals surface area contributed by atoms with Gasteiger partial charge in [0.1, 0.15) is 11.8 Å². The molecule has 1 rings (SSSR count). The van der Waals surface area contributed by atoms with Gasteiger partial charge in [0, 0.05) is 16.5 Å². The lowest BCUT2D eigenvalue weighted by atomic mass is 10.3. The highest BCUT2D eigenvalue weighted by molar-refractivity contribution is 9.10. The van der Waals surface area contributed by atoms with Crippen molar-refractivity contribution in [3.05, 3.63) is 27.7 Å². The predicted molar refractivity (Wildman–Crippen MR) is 77.6 cm³/mol. The van der Waals surface area contributed by atoms with Crippen LogP contribution in [0.4, 0.5) is 0 Å². The van der Waals surface area contributed by atoms with Crippen molar-refractivity contribution in [2.24, 2.45) is 5.73 Å². The average molecular weight is 355 g/mol. The molecule has 0 amide bonds. The number of rotatable bonds is 7. The fraction of sp³-hybridized carbons (Fsp3) is 0.364. The van der Waals surface area contributed by atoms with E-state index < -0.39 is 12.0 Å². The van der Waals surface area contributed by atoms with Crippen molar-refractivity contribution in [3.8, 4) is 5.75 Å². The topological polar surface area (TPSA) is 72.5 Å². The van der Waals surface area contributed by atoms with Crippen molar-refractivity contribution >= 4 is 45.3 Å². The number of thioether (sulfide) groups is 1. The summed E-state index contributed by atoms with van der Waals surface area (Å²) in [6, 6.07) is 4.46. The van der Waals surface area contributed by atoms with E-state index in [2.05, 4.69) is 15.9 Å². The Hall–Kier alpha value is -0.430. The van der Waals surface area contributed by atoms with Crippen LogP contribution in [-0.4, -0.2) is 35.2 Å². The monoisotopic (exact) mass is 353 g/mol. The van der Waals surface area contributed by atoms with Crippen molar-refractivity contribution in [1.82, 2.24) is 0 Å². The summed E-state index contributed by atoms with van der Waals surface area (Å²) in [5.41, 5.74) is 5.37. The Morgan fingerprint density at radius 3 is 2.94 bits per heavy atom. The van der Waals surface area contributed by atoms with Crippen LogP contribution in [0, 0.1) is 0 Å². The highest BCUT2D eigenvalue weighted by Crippen LogP contribution is 2.27. The first-order chi connectivity index (χ1) is 8.50. The molecule has 0 spiro atoms. The van der Waals surface area contributed by atoms with Crippen LogP contribution in [0.5, 0.6) is 5.75 Å². The molecule has 0 saturated heterocycles. The fourth-order valence-corrected chi connectivity index (χ4v) is 2.65. The number of ether oxygens (including phenoxy) is 1. The summed E-state index contributed by atoms with van der Waals surface area (Å²) in [5.74, 6) is 0.780. The van der Waals surface area contributed by atoms with Crippen LogP contribution in [0.3, 0.4) is 0 Å². The van der Waals surface area contributed by atoms with E-state index in [1.165, 1.54) is 11.8 Å². The van der Waals surface area contributed by atoms with Gasteiger partial charge in [-0.05, 0) is 34.1 Å². The van der Waals surface area contributed by atoms with Gasteiger partial charge in [-0.25, -0.2) is 0 Å². The molecule has 100 valence electrons. The number of aliphatic carboxylic acids is 1. The van der Waals surface area contributed by atoms with Gasteiger partial charge >= 0.3 is 5.97 Å². The van der Waals surface area contributed by atoms with E-state index in [1.54, 1.807) is 18.2 Å². The maximum absolute atomic E-state index is 10.5. The quantitative estimate of drug-likeness (QED) is 0.736. The Bertz CT molecular complexity index is 419. The van der Waals surface area contributed by atoms with E-state index >= 15 is 0 Å². The number of benzene rings is 1. The van der Waals surface area contributed by atoms with Gasteiger partial charge < -0.3 is 15.6 Å². The Morgan fingerprint density at radius 1 is 1.61 bits per heavy atom. The van der Waals surface area contributed by atoms with Crippen LogP contribution in [0.25, 0.3) is 0 Å². The maximum atomic E-state index is 10.5. The molecule has 0 aliphatic heterocycles. The molecule has 0 fully saturated rings. The van der Waals surface area contributed by atoms with Crippen LogP contribution in [0.2, 0.25) is 5.02 Å². The molecule has 18 heavy (non-hydrogen) atoms. The molecule has 3 N–H and O–H groups in total. The summed E-state index contributed by atoms with van der Waals surface area (Å²) < 4.78 is 6.31. The molecular formula is C11H13BrClNO3S. The third-order valence-corrected chi connectivity index (χ3v) is 3.90. The first kappa shape index (κ1) is 15.6. The minimum Gasteiger partial charge on any atom is -0.492 e. The second-order valence-electron chi connectivity index (χ2n) is 3.44. The Labute approximate surface area is 123 Å². The maximum Gasteiger partial charge on any atom is 0.321 e. The summed E-state index contributed by atoms with van der Waals surface area (Å²) in [4.78, 5) is 10.5. The van der Waals surface area contributed by atoms with E-state index in [-0.39, 0.29) is 0 Å². The van der Waals surface area contributed by atoms with E-state index in [1.807, 2.05) is 0 Å². The van der Waals surface area contributed by atoms with E-state index in [0.717, 1.165) is 4.47 Å². The summed E-state index contributed by atoms with van der Waals surface area (Å²) in [6.45, 7) is 0.483. The van der Waals surface area contributed by atoms with Crippen molar-refractivity contribution in [1.29, 1.82) is 0 Å². The molecular weight excluding hydrogens is 342 g/mol. The van der Waals surface area contributed by atoms with Gasteiger partial charge in [0.2, 0.25) is 0 Å². The van der Waals surface area contributed by atoms with Gasteiger partial charge in [0.05, 0.1) is 11.1 Å². The van der Waals surface area contributed by atoms with Crippen molar-refractivity contribution in [2.75, 3.05) is 18.1 Å². The molecule has 0 saturated carbocycles. The average Bonchev–Trinajstić information content (AvgIpc) is 2.30. The third kappa shape index (κ3) is 5.48. The van der Waals surface area contributed by atoms with Crippen LogP contribution in [0.1, 0.15) is 0 Å². The van der Waals surface area contributed by atoms with Crippen molar-refractivity contribution in [3.63, 3.8) is 0 Å². The predicted octanol–water partition coefficient (Wildman–Crippen LogP) is 2.63. The van der Waals surface area contributed by atoms with Gasteiger partial charge in [0.15, 0.2) is 0 Å². The second kappa shape index (κ2) is 7.89. The minimum atomic E-state index is -0.983. The van der Waals surface area contributed by atoms with Gasteiger partial charge in [-0.15, -0.1) is 0 Å². The van der Waals surface area contributed by atoms with Gasteiger partial charge in [-0.3, -0.25) is 4.79 Å². The number of carboxylic acids is 1. The van der Waals surface area contributed by atoms with Gasteiger partial charge in [-0.1, -0.05) is 11.6 Å². The number of carbonyl (C=O) groups is 1. The Balaban J connectivity index is 2.24. The zero-order valence-corrected chi connectivity index (χ0v) is 12.6. The third-order valence-electron chi connectivity index (χ3n) is 1.99. The van der Waals surface area contributed by atoms with Crippen molar-refractivity contribution in [2.45, 2.75) is 6.04 Å². The molecule has 1 aromatic rings. The normalized spacial score (nSPS) is 12.2. The number of hydrogen-bond donors (Lipinski definition) is 2. The Morgan fingerprint density at radius 2 is 2.33 bits per heavy atom. The van der Waals surface area contributed by atoms with Gasteiger partial charge in [-0.2, -0.15) is 11.8 Å². The highest BCUT2D eigenvalue weighted by atomic mass is 79.9. The number of carboxylic acid groups (broad SMARTS) is 1. The summed E-state index contributed by atoms with van der Waals surface area (Å²) >= 11 is 10.6. The van der Waals surface area contributed by atoms with E-state index in [4.69, 9.17) is 27.2 Å². The van der Waals surface area contributed by atoms with Crippen LogP contribution < -0.4 is 10.5 Å². The summed E-state index contributed by atoms with van der Waals surface area (Å²) in [7, 11) is 0. The molecule has 0 aliphatic carbocycles. The van der Waals surface area contributed by atoms with E-state index in [9.17, 15) is 4.79 Å². The number of halogens is 2. The molecule has 0 bridgehead atoms. The van der Waals surface area contributed by atoms with Crippen LogP contribution in [-0.2, 0) is 4.79 Å². The first-order valence-corrected chi connectivity index (χ1v) is 7.47. The van der Waals surface area contributed by atoms with Gasteiger partial charge in [0.25, 0.3) is 0 Å². The lowest BCUT2D eigenvalue weighted by Crippen LogP contribution is -2.32. The standard InChI is InChI=1S/C11H13BrClNO3S/c12-8-5-7(13)1-2-10(8)17-3-4-18-6-9(14)11(15)16/h1-2,5,9H,3-4,6,14H2,(H,15,16)/t9-/m0/s1. The fourth-order valence-electron chi connectivity index (χ4n) is 1.08. The molecule has 0 heterocycles. The lowest BCUT2D eigenvalue weighted by Gasteiger charge is -2.09. The zero-order valence-electron chi connectivity index (χ0n) is 9.44. The molecule has 0 radical (unpaired) electrons. The molecule has 0 unspecified atom stereocenters. The minimum absolute atomic E-state index is 0.375. The molecule has 0 aliphatic rings. The van der Waals surface area contributed by atoms with E-state index in [0.29, 0.717) is 28.9 Å². The Kier molecular flexibility index (Phi) is 6.85. The molecule has 0 aromatic heterocycles. The highest BCUT2D eigenvalue weighted by Gasteiger charge is 2.10. The summed E-state index contributed by atoms with van der Waals surface area (Å²) in [5, 5.41) is 9.23. The number of hydrogen-bond acceptors (Lipinski definition) is 4. The number of nitrogens with two attached hydrogens (primary N) is 1. The second-order valence-corrected chi connectivity index (χ2v) is 5.88. The SMILES string of the molecule is N[C@@H](CSCCOc1ccc(Cl)cc1Br)C(=O)O. The molecule has 1 atom stereocenters.